The number of methoxy groups -OCH3 is 1. The Balaban J connectivity index is 1.44. The van der Waals surface area contributed by atoms with Crippen molar-refractivity contribution in [3.8, 4) is 5.75 Å². The number of nitrogens with zero attached hydrogens (tertiary/aromatic N) is 3. The maximum atomic E-state index is 12.7. The average molecular weight is 408 g/mol. The topological polar surface area (TPSA) is 87.4 Å². The fraction of sp³-hybridized carbons (Fsp3) is 0.318. The van der Waals surface area contributed by atoms with Crippen molar-refractivity contribution in [2.45, 2.75) is 32.2 Å². The Morgan fingerprint density at radius 1 is 1.20 bits per heavy atom. The summed E-state index contributed by atoms with van der Waals surface area (Å²) in [4.78, 5) is 25.2. The number of hydrogen-bond acceptors (Lipinski definition) is 5. The van der Waals surface area contributed by atoms with Gasteiger partial charge in [-0.2, -0.15) is 5.10 Å². The molecule has 1 amide bonds. The van der Waals surface area contributed by atoms with Gasteiger partial charge in [-0.15, -0.1) is 0 Å². The first kappa shape index (κ1) is 19.9. The minimum absolute atomic E-state index is 0.0942. The van der Waals surface area contributed by atoms with Gasteiger partial charge in [0, 0.05) is 12.1 Å². The van der Waals surface area contributed by atoms with E-state index < -0.39 is 6.10 Å². The van der Waals surface area contributed by atoms with Gasteiger partial charge in [0.25, 0.3) is 0 Å². The van der Waals surface area contributed by atoms with Gasteiger partial charge in [-0.25, -0.2) is 9.48 Å². The third-order valence-corrected chi connectivity index (χ3v) is 5.09. The molecule has 8 heteroatoms. The summed E-state index contributed by atoms with van der Waals surface area (Å²) in [7, 11) is 1.60. The molecule has 2 aromatic carbocycles. The summed E-state index contributed by atoms with van der Waals surface area (Å²) < 4.78 is 14.1. The van der Waals surface area contributed by atoms with E-state index in [1.807, 2.05) is 54.6 Å². The Hall–Kier alpha value is -3.39. The molecule has 1 N–H and O–H groups in total. The van der Waals surface area contributed by atoms with Gasteiger partial charge in [0.1, 0.15) is 11.9 Å². The molecule has 1 aliphatic rings. The predicted octanol–water partition coefficient (Wildman–Crippen LogP) is 1.88. The van der Waals surface area contributed by atoms with Crippen LogP contribution in [0.5, 0.6) is 5.75 Å². The molecule has 0 fully saturated rings. The lowest BCUT2D eigenvalue weighted by atomic mass is 10.1. The van der Waals surface area contributed by atoms with E-state index in [1.165, 1.54) is 4.68 Å². The van der Waals surface area contributed by atoms with Crippen molar-refractivity contribution in [2.24, 2.45) is 0 Å². The summed E-state index contributed by atoms with van der Waals surface area (Å²) in [5.74, 6) is 1.04. The molecule has 3 aromatic rings. The van der Waals surface area contributed by atoms with Gasteiger partial charge in [0.15, 0.2) is 5.82 Å². The van der Waals surface area contributed by atoms with Crippen molar-refractivity contribution in [2.75, 3.05) is 13.7 Å². The Labute approximate surface area is 174 Å². The molecule has 0 aliphatic carbocycles. The van der Waals surface area contributed by atoms with Crippen molar-refractivity contribution in [1.29, 1.82) is 0 Å². The summed E-state index contributed by atoms with van der Waals surface area (Å²) >= 11 is 0. The number of carbonyl (C=O) groups is 1. The summed E-state index contributed by atoms with van der Waals surface area (Å²) in [6, 6.07) is 17.2. The number of ether oxygens (including phenoxy) is 2. The molecule has 30 heavy (non-hydrogen) atoms. The monoisotopic (exact) mass is 408 g/mol. The lowest BCUT2D eigenvalue weighted by molar-refractivity contribution is -0.125. The van der Waals surface area contributed by atoms with Crippen LogP contribution in [0.4, 0.5) is 0 Å². The third kappa shape index (κ3) is 4.28. The van der Waals surface area contributed by atoms with Gasteiger partial charge >= 0.3 is 5.69 Å². The standard InChI is InChI=1S/C22H24N4O4/c1-29-18-10-6-5-9-17(18)14-23-20(27)13-19-21-24-26(15-16-7-3-2-4-8-16)22(28)25(21)11-12-30-19/h2-10,19H,11-15H2,1H3,(H,23,27). The fourth-order valence-corrected chi connectivity index (χ4v) is 3.56. The number of rotatable bonds is 7. The SMILES string of the molecule is COc1ccccc1CNC(=O)CC1OCCn2c1nn(Cc1ccccc1)c2=O. The highest BCUT2D eigenvalue weighted by Gasteiger charge is 2.28. The molecule has 1 aliphatic heterocycles. The van der Waals surface area contributed by atoms with Crippen LogP contribution in [0.15, 0.2) is 59.4 Å². The zero-order valence-corrected chi connectivity index (χ0v) is 16.8. The minimum atomic E-state index is -0.554. The Kier molecular flexibility index (Phi) is 5.94. The van der Waals surface area contributed by atoms with Crippen LogP contribution in [0.3, 0.4) is 0 Å². The van der Waals surface area contributed by atoms with Crippen molar-refractivity contribution in [3.05, 3.63) is 82.0 Å². The van der Waals surface area contributed by atoms with E-state index in [2.05, 4.69) is 10.4 Å². The molecule has 0 bridgehead atoms. The Morgan fingerprint density at radius 2 is 1.97 bits per heavy atom. The Bertz CT molecular complexity index is 1070. The molecule has 0 saturated carbocycles. The maximum absolute atomic E-state index is 12.7. The smallest absolute Gasteiger partial charge is 0.346 e. The first-order chi connectivity index (χ1) is 14.7. The second-order valence-electron chi connectivity index (χ2n) is 7.09. The van der Waals surface area contributed by atoms with Gasteiger partial charge in [-0.1, -0.05) is 48.5 Å². The van der Waals surface area contributed by atoms with Gasteiger partial charge < -0.3 is 14.8 Å². The van der Waals surface area contributed by atoms with Gasteiger partial charge in [0.05, 0.1) is 33.2 Å². The first-order valence-electron chi connectivity index (χ1n) is 9.87. The lowest BCUT2D eigenvalue weighted by Crippen LogP contribution is -2.33. The van der Waals surface area contributed by atoms with Crippen LogP contribution in [0, 0.1) is 0 Å². The van der Waals surface area contributed by atoms with Crippen LogP contribution in [0.1, 0.15) is 29.5 Å². The van der Waals surface area contributed by atoms with Crippen LogP contribution in [-0.4, -0.2) is 34.0 Å². The van der Waals surface area contributed by atoms with Gasteiger partial charge in [-0.3, -0.25) is 9.36 Å². The molecule has 0 spiro atoms. The molecule has 4 rings (SSSR count). The Morgan fingerprint density at radius 3 is 2.77 bits per heavy atom. The molecule has 1 aromatic heterocycles. The second-order valence-corrected chi connectivity index (χ2v) is 7.09. The van der Waals surface area contributed by atoms with Crippen LogP contribution < -0.4 is 15.7 Å². The maximum Gasteiger partial charge on any atom is 0.346 e. The molecule has 0 radical (unpaired) electrons. The number of aromatic nitrogens is 3. The fourth-order valence-electron chi connectivity index (χ4n) is 3.56. The van der Waals surface area contributed by atoms with Gasteiger partial charge in [0.2, 0.25) is 5.91 Å². The van der Waals surface area contributed by atoms with E-state index in [0.717, 1.165) is 16.9 Å². The number of para-hydroxylation sites is 1. The molecular formula is C22H24N4O4. The summed E-state index contributed by atoms with van der Waals surface area (Å²) in [6.45, 7) is 1.54. The molecule has 8 nitrogen and oxygen atoms in total. The van der Waals surface area contributed by atoms with E-state index in [4.69, 9.17) is 9.47 Å². The van der Waals surface area contributed by atoms with Crippen molar-refractivity contribution < 1.29 is 14.3 Å². The zero-order valence-electron chi connectivity index (χ0n) is 16.8. The normalized spacial score (nSPS) is 15.4. The summed E-state index contributed by atoms with van der Waals surface area (Å²) in [6.07, 6.45) is -0.460. The van der Waals surface area contributed by atoms with E-state index in [-0.39, 0.29) is 18.0 Å². The average Bonchev–Trinajstić information content (AvgIpc) is 3.09. The third-order valence-electron chi connectivity index (χ3n) is 5.09. The quantitative estimate of drug-likeness (QED) is 0.645. The summed E-state index contributed by atoms with van der Waals surface area (Å²) in [5.41, 5.74) is 1.70. The largest absolute Gasteiger partial charge is 0.496 e. The van der Waals surface area contributed by atoms with Crippen molar-refractivity contribution in [1.82, 2.24) is 19.7 Å². The molecule has 2 heterocycles. The molecule has 156 valence electrons. The highest BCUT2D eigenvalue weighted by molar-refractivity contribution is 5.76. The van der Waals surface area contributed by atoms with E-state index >= 15 is 0 Å². The minimum Gasteiger partial charge on any atom is -0.496 e. The molecular weight excluding hydrogens is 384 g/mol. The number of benzene rings is 2. The van der Waals surface area contributed by atoms with Crippen molar-refractivity contribution >= 4 is 5.91 Å². The van der Waals surface area contributed by atoms with Crippen LogP contribution >= 0.6 is 0 Å². The van der Waals surface area contributed by atoms with Crippen LogP contribution in [-0.2, 0) is 29.2 Å². The number of hydrogen-bond donors (Lipinski definition) is 1. The van der Waals surface area contributed by atoms with Crippen LogP contribution in [0.25, 0.3) is 0 Å². The van der Waals surface area contributed by atoms with Crippen LogP contribution in [0.2, 0.25) is 0 Å². The summed E-state index contributed by atoms with van der Waals surface area (Å²) in [5, 5.41) is 7.36. The number of fused-ring (bicyclic) bond motifs is 1. The van der Waals surface area contributed by atoms with Gasteiger partial charge in [-0.05, 0) is 11.6 Å². The zero-order chi connectivity index (χ0) is 20.9. The molecule has 0 saturated heterocycles. The van der Waals surface area contributed by atoms with E-state index in [9.17, 15) is 9.59 Å². The highest BCUT2D eigenvalue weighted by Crippen LogP contribution is 2.23. The highest BCUT2D eigenvalue weighted by atomic mass is 16.5. The predicted molar refractivity (Wildman–Crippen MR) is 110 cm³/mol. The lowest BCUT2D eigenvalue weighted by Gasteiger charge is -2.22. The first-order valence-corrected chi connectivity index (χ1v) is 9.87. The molecule has 1 unspecified atom stereocenters. The number of carbonyl (C=O) groups excluding carboxylic acids is 1. The van der Waals surface area contributed by atoms with Crippen molar-refractivity contribution in [3.63, 3.8) is 0 Å². The second kappa shape index (κ2) is 8.96. The van der Waals surface area contributed by atoms with E-state index in [1.54, 1.807) is 11.7 Å². The van der Waals surface area contributed by atoms with E-state index in [0.29, 0.717) is 32.1 Å². The number of nitrogens with one attached hydrogen (secondary N) is 1. The molecule has 1 atom stereocenters. The number of amides is 1.